The predicted octanol–water partition coefficient (Wildman–Crippen LogP) is 2.85. The van der Waals surface area contributed by atoms with E-state index in [-0.39, 0.29) is 12.0 Å². The molecule has 0 bridgehead atoms. The molecule has 0 unspecified atom stereocenters. The molecule has 0 radical (unpaired) electrons. The van der Waals surface area contributed by atoms with Gasteiger partial charge in [0.2, 0.25) is 0 Å². The van der Waals surface area contributed by atoms with Gasteiger partial charge in [-0.05, 0) is 24.1 Å². The molecule has 1 aromatic rings. The van der Waals surface area contributed by atoms with Crippen molar-refractivity contribution >= 4 is 12.0 Å². The van der Waals surface area contributed by atoms with E-state index >= 15 is 0 Å². The highest BCUT2D eigenvalue weighted by atomic mass is 16.5. The minimum Gasteiger partial charge on any atom is -0.465 e. The Bertz CT molecular complexity index is 443. The van der Waals surface area contributed by atoms with E-state index in [0.29, 0.717) is 18.7 Å². The first kappa shape index (κ1) is 17.0. The van der Waals surface area contributed by atoms with Crippen molar-refractivity contribution in [2.24, 2.45) is 0 Å². The molecular formula is C16H24N2O3. The Kier molecular flexibility index (Phi) is 7.94. The normalized spacial score (nSPS) is 10.0. The van der Waals surface area contributed by atoms with Crippen LogP contribution in [-0.4, -0.2) is 25.7 Å². The molecular weight excluding hydrogens is 268 g/mol. The van der Waals surface area contributed by atoms with Gasteiger partial charge in [-0.15, -0.1) is 0 Å². The van der Waals surface area contributed by atoms with Gasteiger partial charge in [-0.2, -0.15) is 0 Å². The highest BCUT2D eigenvalue weighted by Gasteiger charge is 2.05. The molecule has 0 aliphatic carbocycles. The van der Waals surface area contributed by atoms with Gasteiger partial charge in [0.25, 0.3) is 0 Å². The number of rotatable bonds is 8. The largest absolute Gasteiger partial charge is 0.465 e. The minimum atomic E-state index is -0.362. The first-order chi connectivity index (χ1) is 10.2. The average Bonchev–Trinajstić information content (AvgIpc) is 2.52. The summed E-state index contributed by atoms with van der Waals surface area (Å²) in [6.07, 6.45) is 4.55. The van der Waals surface area contributed by atoms with Crippen molar-refractivity contribution in [2.75, 3.05) is 13.7 Å². The van der Waals surface area contributed by atoms with Gasteiger partial charge in [0.1, 0.15) is 0 Å². The van der Waals surface area contributed by atoms with Crippen molar-refractivity contribution in [1.82, 2.24) is 10.6 Å². The van der Waals surface area contributed by atoms with Crippen LogP contribution in [0.4, 0.5) is 4.79 Å². The topological polar surface area (TPSA) is 67.4 Å². The number of carbonyl (C=O) groups excluding carboxylic acids is 2. The van der Waals surface area contributed by atoms with Gasteiger partial charge >= 0.3 is 12.0 Å². The minimum absolute atomic E-state index is 0.163. The molecule has 0 heterocycles. The number of urea groups is 1. The van der Waals surface area contributed by atoms with Crippen LogP contribution in [0.1, 0.15) is 48.5 Å². The molecule has 2 amide bonds. The number of amides is 2. The van der Waals surface area contributed by atoms with E-state index in [2.05, 4.69) is 22.3 Å². The zero-order chi connectivity index (χ0) is 15.5. The predicted molar refractivity (Wildman–Crippen MR) is 82.2 cm³/mol. The van der Waals surface area contributed by atoms with Crippen molar-refractivity contribution in [3.63, 3.8) is 0 Å². The third-order valence-electron chi connectivity index (χ3n) is 3.14. The number of unbranched alkanes of at least 4 members (excludes halogenated alkanes) is 3. The monoisotopic (exact) mass is 292 g/mol. The summed E-state index contributed by atoms with van der Waals surface area (Å²) in [5.41, 5.74) is 1.44. The Balaban J connectivity index is 2.25. The summed E-state index contributed by atoms with van der Waals surface area (Å²) in [4.78, 5) is 22.9. The summed E-state index contributed by atoms with van der Waals surface area (Å²) in [5, 5.41) is 5.61. The van der Waals surface area contributed by atoms with Gasteiger partial charge in [-0.1, -0.05) is 38.3 Å². The first-order valence-corrected chi connectivity index (χ1v) is 7.36. The van der Waals surface area contributed by atoms with Crippen LogP contribution in [0.2, 0.25) is 0 Å². The second kappa shape index (κ2) is 9.80. The molecule has 0 fully saturated rings. The smallest absolute Gasteiger partial charge is 0.337 e. The van der Waals surface area contributed by atoms with E-state index in [1.807, 2.05) is 0 Å². The first-order valence-electron chi connectivity index (χ1n) is 7.36. The molecule has 0 aliphatic rings. The molecule has 1 rings (SSSR count). The summed E-state index contributed by atoms with van der Waals surface area (Å²) in [6, 6.07) is 6.81. The van der Waals surface area contributed by atoms with Gasteiger partial charge in [0.15, 0.2) is 0 Å². The third-order valence-corrected chi connectivity index (χ3v) is 3.14. The van der Waals surface area contributed by atoms with Gasteiger partial charge in [0.05, 0.1) is 12.7 Å². The number of benzene rings is 1. The maximum Gasteiger partial charge on any atom is 0.337 e. The highest BCUT2D eigenvalue weighted by Crippen LogP contribution is 2.05. The number of nitrogens with one attached hydrogen (secondary N) is 2. The molecule has 0 aliphatic heterocycles. The van der Waals surface area contributed by atoms with Crippen LogP contribution < -0.4 is 10.6 Å². The molecule has 0 atom stereocenters. The zero-order valence-electron chi connectivity index (χ0n) is 12.8. The maximum atomic E-state index is 11.6. The molecule has 0 saturated carbocycles. The Morgan fingerprint density at radius 1 is 1.05 bits per heavy atom. The fraction of sp³-hybridized carbons (Fsp3) is 0.500. The summed E-state index contributed by atoms with van der Waals surface area (Å²) < 4.78 is 4.63. The van der Waals surface area contributed by atoms with Gasteiger partial charge < -0.3 is 15.4 Å². The Labute approximate surface area is 126 Å². The van der Waals surface area contributed by atoms with E-state index in [9.17, 15) is 9.59 Å². The maximum absolute atomic E-state index is 11.6. The molecule has 0 spiro atoms. The lowest BCUT2D eigenvalue weighted by Crippen LogP contribution is -2.35. The fourth-order valence-electron chi connectivity index (χ4n) is 1.88. The lowest BCUT2D eigenvalue weighted by atomic mass is 10.1. The number of ether oxygens (including phenoxy) is 1. The molecule has 2 N–H and O–H groups in total. The summed E-state index contributed by atoms with van der Waals surface area (Å²) >= 11 is 0. The van der Waals surface area contributed by atoms with Crippen LogP contribution in [0.25, 0.3) is 0 Å². The van der Waals surface area contributed by atoms with Crippen LogP contribution in [0.15, 0.2) is 24.3 Å². The number of hydrogen-bond donors (Lipinski definition) is 2. The Hall–Kier alpha value is -2.04. The summed E-state index contributed by atoms with van der Waals surface area (Å²) in [6.45, 7) is 3.29. The van der Waals surface area contributed by atoms with Crippen molar-refractivity contribution in [1.29, 1.82) is 0 Å². The van der Waals surface area contributed by atoms with Crippen LogP contribution in [0.5, 0.6) is 0 Å². The highest BCUT2D eigenvalue weighted by molar-refractivity contribution is 5.89. The average molecular weight is 292 g/mol. The van der Waals surface area contributed by atoms with E-state index in [1.165, 1.54) is 20.0 Å². The number of hydrogen-bond acceptors (Lipinski definition) is 3. The molecule has 0 aromatic heterocycles. The van der Waals surface area contributed by atoms with Crippen molar-refractivity contribution in [2.45, 2.75) is 39.2 Å². The Morgan fingerprint density at radius 2 is 1.76 bits per heavy atom. The standard InChI is InChI=1S/C16H24N2O3/c1-3-4-5-6-11-17-16(20)18-12-13-7-9-14(10-8-13)15(19)21-2/h7-10H,3-6,11-12H2,1-2H3,(H2,17,18,20). The van der Waals surface area contributed by atoms with Gasteiger partial charge in [0, 0.05) is 13.1 Å². The molecule has 1 aromatic carbocycles. The van der Waals surface area contributed by atoms with Crippen molar-refractivity contribution < 1.29 is 14.3 Å². The van der Waals surface area contributed by atoms with E-state index < -0.39 is 0 Å². The quantitative estimate of drug-likeness (QED) is 0.572. The Morgan fingerprint density at radius 3 is 2.38 bits per heavy atom. The fourth-order valence-corrected chi connectivity index (χ4v) is 1.88. The summed E-state index contributed by atoms with van der Waals surface area (Å²) in [5.74, 6) is -0.362. The number of carbonyl (C=O) groups is 2. The van der Waals surface area contributed by atoms with E-state index in [4.69, 9.17) is 0 Å². The van der Waals surface area contributed by atoms with Crippen LogP contribution in [0.3, 0.4) is 0 Å². The molecule has 0 saturated heterocycles. The van der Waals surface area contributed by atoms with Gasteiger partial charge in [-0.25, -0.2) is 9.59 Å². The number of esters is 1. The SMILES string of the molecule is CCCCCCNC(=O)NCc1ccc(C(=O)OC)cc1. The van der Waals surface area contributed by atoms with Gasteiger partial charge in [-0.3, -0.25) is 0 Å². The van der Waals surface area contributed by atoms with Crippen LogP contribution >= 0.6 is 0 Å². The van der Waals surface area contributed by atoms with Crippen LogP contribution in [0, 0.1) is 0 Å². The van der Waals surface area contributed by atoms with Crippen LogP contribution in [-0.2, 0) is 11.3 Å². The lowest BCUT2D eigenvalue weighted by molar-refractivity contribution is 0.0600. The molecule has 116 valence electrons. The van der Waals surface area contributed by atoms with Crippen molar-refractivity contribution in [3.05, 3.63) is 35.4 Å². The van der Waals surface area contributed by atoms with E-state index in [0.717, 1.165) is 18.4 Å². The molecule has 5 nitrogen and oxygen atoms in total. The molecule has 5 heteroatoms. The lowest BCUT2D eigenvalue weighted by Gasteiger charge is -2.08. The second-order valence-electron chi connectivity index (χ2n) is 4.86. The summed E-state index contributed by atoms with van der Waals surface area (Å²) in [7, 11) is 1.35. The number of methoxy groups -OCH3 is 1. The second-order valence-corrected chi connectivity index (χ2v) is 4.86. The zero-order valence-corrected chi connectivity index (χ0v) is 12.8. The molecule has 21 heavy (non-hydrogen) atoms. The third kappa shape index (κ3) is 6.79. The van der Waals surface area contributed by atoms with Crippen molar-refractivity contribution in [3.8, 4) is 0 Å². The van der Waals surface area contributed by atoms with E-state index in [1.54, 1.807) is 24.3 Å².